The van der Waals surface area contributed by atoms with Crippen molar-refractivity contribution < 1.29 is 0 Å². The second kappa shape index (κ2) is 4.24. The summed E-state index contributed by atoms with van der Waals surface area (Å²) in [5.74, 6) is 2.09. The van der Waals surface area contributed by atoms with Gasteiger partial charge in [-0.2, -0.15) is 5.10 Å². The number of benzene rings is 1. The van der Waals surface area contributed by atoms with Gasteiger partial charge in [0.2, 0.25) is 0 Å². The fraction of sp³-hybridized carbons (Fsp3) is 0.154. The Morgan fingerprint density at radius 1 is 1.11 bits per heavy atom. The normalized spacial score (nSPS) is 10.8. The van der Waals surface area contributed by atoms with Crippen molar-refractivity contribution in [2.24, 2.45) is 7.05 Å². The van der Waals surface area contributed by atoms with Gasteiger partial charge in [0, 0.05) is 12.7 Å². The molecule has 0 radical (unpaired) electrons. The number of nitrogens with two attached hydrogens (primary N) is 1. The van der Waals surface area contributed by atoms with Crippen LogP contribution in [-0.2, 0) is 7.05 Å². The zero-order valence-electron chi connectivity index (χ0n) is 10.8. The van der Waals surface area contributed by atoms with Gasteiger partial charge in [-0.25, -0.2) is 0 Å². The molecule has 0 bridgehead atoms. The largest absolute Gasteiger partial charge is 0.383 e. The first-order chi connectivity index (χ1) is 9.18. The van der Waals surface area contributed by atoms with Crippen molar-refractivity contribution in [3.8, 4) is 17.1 Å². The third-order valence-electron chi connectivity index (χ3n) is 3.06. The third kappa shape index (κ3) is 1.77. The topological polar surface area (TPSA) is 74.6 Å². The Balaban J connectivity index is 2.22. The average molecular weight is 254 g/mol. The molecular formula is C13H14N6. The minimum atomic E-state index is 0.574. The van der Waals surface area contributed by atoms with Crippen molar-refractivity contribution >= 4 is 5.82 Å². The lowest BCUT2D eigenvalue weighted by Gasteiger charge is -2.07. The van der Waals surface area contributed by atoms with Gasteiger partial charge in [-0.1, -0.05) is 18.2 Å². The molecule has 2 heterocycles. The van der Waals surface area contributed by atoms with E-state index in [0.29, 0.717) is 11.6 Å². The molecule has 0 saturated carbocycles. The van der Waals surface area contributed by atoms with Crippen LogP contribution in [0.15, 0.2) is 36.5 Å². The molecule has 0 aliphatic rings. The van der Waals surface area contributed by atoms with Gasteiger partial charge in [-0.3, -0.25) is 9.25 Å². The van der Waals surface area contributed by atoms with Crippen LogP contribution >= 0.6 is 0 Å². The lowest BCUT2D eigenvalue weighted by molar-refractivity contribution is 0.779. The number of anilines is 1. The number of aromatic nitrogens is 5. The van der Waals surface area contributed by atoms with Crippen molar-refractivity contribution in [1.29, 1.82) is 0 Å². The molecular weight excluding hydrogens is 240 g/mol. The van der Waals surface area contributed by atoms with Crippen LogP contribution in [0, 0.1) is 6.92 Å². The van der Waals surface area contributed by atoms with Crippen molar-refractivity contribution in [2.45, 2.75) is 6.92 Å². The highest BCUT2D eigenvalue weighted by Crippen LogP contribution is 2.26. The molecule has 0 fully saturated rings. The molecule has 0 aliphatic carbocycles. The van der Waals surface area contributed by atoms with E-state index in [-0.39, 0.29) is 0 Å². The van der Waals surface area contributed by atoms with Gasteiger partial charge in [0.15, 0.2) is 5.82 Å². The summed E-state index contributed by atoms with van der Waals surface area (Å²) < 4.78 is 3.59. The first-order valence-electron chi connectivity index (χ1n) is 5.94. The summed E-state index contributed by atoms with van der Waals surface area (Å²) in [6, 6.07) is 9.94. The van der Waals surface area contributed by atoms with Crippen molar-refractivity contribution in [3.63, 3.8) is 0 Å². The Morgan fingerprint density at radius 3 is 2.47 bits per heavy atom. The molecule has 1 aromatic carbocycles. The summed E-state index contributed by atoms with van der Waals surface area (Å²) in [5.41, 5.74) is 7.80. The van der Waals surface area contributed by atoms with E-state index in [0.717, 1.165) is 17.1 Å². The molecule has 96 valence electrons. The Morgan fingerprint density at radius 2 is 1.84 bits per heavy atom. The maximum atomic E-state index is 6.01. The molecule has 0 amide bonds. The number of para-hydroxylation sites is 1. The predicted octanol–water partition coefficient (Wildman–Crippen LogP) is 1.56. The second-order valence-corrected chi connectivity index (χ2v) is 4.31. The van der Waals surface area contributed by atoms with E-state index in [9.17, 15) is 0 Å². The zero-order valence-corrected chi connectivity index (χ0v) is 10.8. The Kier molecular flexibility index (Phi) is 2.56. The highest BCUT2D eigenvalue weighted by molar-refractivity contribution is 5.69. The highest BCUT2D eigenvalue weighted by atomic mass is 15.3. The minimum Gasteiger partial charge on any atom is -0.383 e. The van der Waals surface area contributed by atoms with Gasteiger partial charge in [0.1, 0.15) is 11.6 Å². The van der Waals surface area contributed by atoms with Crippen LogP contribution in [0.1, 0.15) is 5.82 Å². The Hall–Kier alpha value is -2.63. The van der Waals surface area contributed by atoms with Crippen LogP contribution in [0.4, 0.5) is 5.82 Å². The van der Waals surface area contributed by atoms with Crippen LogP contribution in [0.5, 0.6) is 0 Å². The van der Waals surface area contributed by atoms with Gasteiger partial charge in [-0.15, -0.1) is 10.2 Å². The maximum Gasteiger partial charge on any atom is 0.173 e. The average Bonchev–Trinajstić information content (AvgIpc) is 2.95. The van der Waals surface area contributed by atoms with Gasteiger partial charge < -0.3 is 5.73 Å². The van der Waals surface area contributed by atoms with E-state index in [4.69, 9.17) is 5.73 Å². The van der Waals surface area contributed by atoms with E-state index < -0.39 is 0 Å². The maximum absolute atomic E-state index is 6.01. The number of nitrogens with zero attached hydrogens (tertiary/aromatic N) is 5. The van der Waals surface area contributed by atoms with Gasteiger partial charge >= 0.3 is 0 Å². The van der Waals surface area contributed by atoms with Crippen LogP contribution in [0.25, 0.3) is 17.1 Å². The molecule has 2 N–H and O–H groups in total. The van der Waals surface area contributed by atoms with E-state index in [1.165, 1.54) is 0 Å². The first-order valence-corrected chi connectivity index (χ1v) is 5.94. The Bertz CT molecular complexity index is 710. The quantitative estimate of drug-likeness (QED) is 0.753. The summed E-state index contributed by atoms with van der Waals surface area (Å²) in [6.45, 7) is 1.91. The number of aryl methyl sites for hydroxylation is 2. The van der Waals surface area contributed by atoms with Crippen molar-refractivity contribution in [1.82, 2.24) is 24.5 Å². The standard InChI is InChI=1S/C13H14N6/c1-9-16-17-13(11-8-15-18(2)12(11)14)19(9)10-6-4-3-5-7-10/h3-8H,14H2,1-2H3. The van der Waals surface area contributed by atoms with Gasteiger partial charge in [0.25, 0.3) is 0 Å². The molecule has 0 atom stereocenters. The highest BCUT2D eigenvalue weighted by Gasteiger charge is 2.17. The van der Waals surface area contributed by atoms with Crippen LogP contribution < -0.4 is 5.73 Å². The summed E-state index contributed by atoms with van der Waals surface area (Å²) in [7, 11) is 1.80. The number of nitrogen functional groups attached to an aromatic ring is 1. The molecule has 6 nitrogen and oxygen atoms in total. The van der Waals surface area contributed by atoms with Crippen LogP contribution in [0.2, 0.25) is 0 Å². The van der Waals surface area contributed by atoms with E-state index >= 15 is 0 Å². The minimum absolute atomic E-state index is 0.574. The predicted molar refractivity (Wildman–Crippen MR) is 72.7 cm³/mol. The van der Waals surface area contributed by atoms with E-state index in [2.05, 4.69) is 15.3 Å². The third-order valence-corrected chi connectivity index (χ3v) is 3.06. The number of rotatable bonds is 2. The molecule has 0 saturated heterocycles. The number of hydrogen-bond donors (Lipinski definition) is 1. The van der Waals surface area contributed by atoms with E-state index in [1.807, 2.05) is 41.8 Å². The van der Waals surface area contributed by atoms with Crippen LogP contribution in [0.3, 0.4) is 0 Å². The second-order valence-electron chi connectivity index (χ2n) is 4.31. The molecule has 19 heavy (non-hydrogen) atoms. The van der Waals surface area contributed by atoms with Gasteiger partial charge in [0.05, 0.1) is 11.8 Å². The molecule has 2 aromatic heterocycles. The van der Waals surface area contributed by atoms with E-state index in [1.54, 1.807) is 17.9 Å². The summed E-state index contributed by atoms with van der Waals surface area (Å²) >= 11 is 0. The smallest absolute Gasteiger partial charge is 0.173 e. The monoisotopic (exact) mass is 254 g/mol. The summed E-state index contributed by atoms with van der Waals surface area (Å²) in [4.78, 5) is 0. The lowest BCUT2D eigenvalue weighted by Crippen LogP contribution is -2.02. The fourth-order valence-corrected chi connectivity index (χ4v) is 2.04. The van der Waals surface area contributed by atoms with Crippen LogP contribution in [-0.4, -0.2) is 24.5 Å². The van der Waals surface area contributed by atoms with Crippen molar-refractivity contribution in [3.05, 3.63) is 42.4 Å². The lowest BCUT2D eigenvalue weighted by atomic mass is 10.2. The SMILES string of the molecule is Cc1nnc(-c2cnn(C)c2N)n1-c1ccccc1. The first kappa shape index (κ1) is 11.5. The Labute approximate surface area is 110 Å². The molecule has 3 aromatic rings. The number of hydrogen-bond acceptors (Lipinski definition) is 4. The molecule has 0 unspecified atom stereocenters. The summed E-state index contributed by atoms with van der Waals surface area (Å²) in [5, 5.41) is 12.5. The molecule has 0 aliphatic heterocycles. The van der Waals surface area contributed by atoms with Crippen molar-refractivity contribution in [2.75, 3.05) is 5.73 Å². The zero-order chi connectivity index (χ0) is 13.4. The molecule has 3 rings (SSSR count). The van der Waals surface area contributed by atoms with Gasteiger partial charge in [-0.05, 0) is 19.1 Å². The molecule has 0 spiro atoms. The molecule has 6 heteroatoms. The summed E-state index contributed by atoms with van der Waals surface area (Å²) in [6.07, 6.45) is 1.71. The fourth-order valence-electron chi connectivity index (χ4n) is 2.04.